The predicted octanol–water partition coefficient (Wildman–Crippen LogP) is 1.62. The summed E-state index contributed by atoms with van der Waals surface area (Å²) in [5, 5.41) is 0. The average molecular weight is 297 g/mol. The van der Waals surface area contributed by atoms with Crippen LogP contribution >= 0.6 is 35.3 Å². The molecule has 0 aromatic carbocycles. The Morgan fingerprint density at radius 1 is 1.65 bits per heavy atom. The van der Waals surface area contributed by atoms with E-state index in [0.29, 0.717) is 35.5 Å². The van der Waals surface area contributed by atoms with E-state index in [-0.39, 0.29) is 24.4 Å². The Bertz CT molecular complexity index is 386. The molecule has 0 saturated carbocycles. The van der Waals surface area contributed by atoms with E-state index < -0.39 is 0 Å². The highest BCUT2D eigenvalue weighted by Crippen LogP contribution is 2.23. The number of carbonyl (C=O) groups excluding carboxylic acids is 1. The van der Waals surface area contributed by atoms with Crippen molar-refractivity contribution in [2.24, 2.45) is 5.73 Å². The van der Waals surface area contributed by atoms with E-state index in [2.05, 4.69) is 0 Å². The number of halogens is 2. The van der Waals surface area contributed by atoms with Gasteiger partial charge in [0.1, 0.15) is 0 Å². The van der Waals surface area contributed by atoms with Crippen molar-refractivity contribution in [1.29, 1.82) is 0 Å². The van der Waals surface area contributed by atoms with Crippen LogP contribution in [0.15, 0.2) is 12.1 Å². The van der Waals surface area contributed by atoms with Crippen LogP contribution < -0.4 is 5.73 Å². The van der Waals surface area contributed by atoms with Crippen molar-refractivity contribution in [3.05, 3.63) is 21.3 Å². The zero-order valence-electron chi connectivity index (χ0n) is 9.10. The summed E-state index contributed by atoms with van der Waals surface area (Å²) in [5.41, 5.74) is 5.53. The molecule has 1 atom stereocenters. The van der Waals surface area contributed by atoms with Crippen molar-refractivity contribution >= 4 is 41.3 Å². The molecule has 7 heteroatoms. The van der Waals surface area contributed by atoms with Gasteiger partial charge in [-0.1, -0.05) is 11.6 Å². The Hall–Kier alpha value is -0.330. The largest absolute Gasteiger partial charge is 0.373 e. The van der Waals surface area contributed by atoms with Crippen LogP contribution in [0.2, 0.25) is 4.34 Å². The first-order chi connectivity index (χ1) is 7.70. The normalized spacial score (nSPS) is 19.9. The summed E-state index contributed by atoms with van der Waals surface area (Å²) in [6.45, 7) is 2.16. The molecule has 1 aromatic rings. The molecule has 1 aromatic heterocycles. The minimum Gasteiger partial charge on any atom is -0.373 e. The fourth-order valence-electron chi connectivity index (χ4n) is 1.63. The van der Waals surface area contributed by atoms with Crippen LogP contribution in [0.25, 0.3) is 0 Å². The summed E-state index contributed by atoms with van der Waals surface area (Å²) < 4.78 is 6.04. The first kappa shape index (κ1) is 14.7. The van der Waals surface area contributed by atoms with Gasteiger partial charge >= 0.3 is 0 Å². The Balaban J connectivity index is 0.00000144. The number of thiophene rings is 1. The third kappa shape index (κ3) is 3.56. The van der Waals surface area contributed by atoms with Crippen molar-refractivity contribution in [3.8, 4) is 0 Å². The second-order valence-corrected chi connectivity index (χ2v) is 5.30. The number of nitrogens with zero attached hydrogens (tertiary/aromatic N) is 1. The average Bonchev–Trinajstić information content (AvgIpc) is 2.75. The highest BCUT2D eigenvalue weighted by molar-refractivity contribution is 7.17. The van der Waals surface area contributed by atoms with E-state index in [4.69, 9.17) is 22.1 Å². The molecule has 0 spiro atoms. The molecule has 17 heavy (non-hydrogen) atoms. The second kappa shape index (κ2) is 6.56. The topological polar surface area (TPSA) is 55.6 Å². The lowest BCUT2D eigenvalue weighted by Gasteiger charge is -2.32. The molecule has 0 radical (unpaired) electrons. The number of hydrogen-bond acceptors (Lipinski definition) is 4. The van der Waals surface area contributed by atoms with E-state index in [0.717, 1.165) is 0 Å². The van der Waals surface area contributed by atoms with Crippen molar-refractivity contribution in [2.45, 2.75) is 6.10 Å². The highest BCUT2D eigenvalue weighted by atomic mass is 35.5. The molecule has 1 unspecified atom stereocenters. The molecular weight excluding hydrogens is 283 g/mol. The molecule has 2 N–H and O–H groups in total. The van der Waals surface area contributed by atoms with Gasteiger partial charge in [0.2, 0.25) is 0 Å². The summed E-state index contributed by atoms with van der Waals surface area (Å²) in [6.07, 6.45) is -0.0480. The van der Waals surface area contributed by atoms with Crippen molar-refractivity contribution in [2.75, 3.05) is 26.2 Å². The molecule has 1 saturated heterocycles. The zero-order chi connectivity index (χ0) is 11.5. The molecule has 1 amide bonds. The minimum absolute atomic E-state index is 0. The lowest BCUT2D eigenvalue weighted by molar-refractivity contribution is -0.0165. The molecule has 0 aliphatic carbocycles. The maximum absolute atomic E-state index is 12.1. The summed E-state index contributed by atoms with van der Waals surface area (Å²) in [6, 6.07) is 3.49. The van der Waals surface area contributed by atoms with E-state index >= 15 is 0 Å². The number of nitrogens with two attached hydrogens (primary N) is 1. The minimum atomic E-state index is -0.0480. The van der Waals surface area contributed by atoms with Crippen LogP contribution in [-0.2, 0) is 4.74 Å². The maximum atomic E-state index is 12.1. The van der Waals surface area contributed by atoms with Crippen LogP contribution in [0.4, 0.5) is 0 Å². The number of ether oxygens (including phenoxy) is 1. The molecule has 2 rings (SSSR count). The summed E-state index contributed by atoms with van der Waals surface area (Å²) in [7, 11) is 0. The zero-order valence-corrected chi connectivity index (χ0v) is 11.5. The number of morpholine rings is 1. The van der Waals surface area contributed by atoms with Crippen LogP contribution in [0.5, 0.6) is 0 Å². The quantitative estimate of drug-likeness (QED) is 0.902. The Labute approximate surface area is 115 Å². The fraction of sp³-hybridized carbons (Fsp3) is 0.500. The lowest BCUT2D eigenvalue weighted by Crippen LogP contribution is -2.47. The van der Waals surface area contributed by atoms with Crippen LogP contribution in [-0.4, -0.2) is 43.2 Å². The van der Waals surface area contributed by atoms with E-state index in [1.54, 1.807) is 17.0 Å². The van der Waals surface area contributed by atoms with Crippen LogP contribution in [0.3, 0.4) is 0 Å². The van der Waals surface area contributed by atoms with E-state index in [1.165, 1.54) is 11.3 Å². The Morgan fingerprint density at radius 2 is 2.41 bits per heavy atom. The van der Waals surface area contributed by atoms with Gasteiger partial charge in [-0.15, -0.1) is 23.7 Å². The Morgan fingerprint density at radius 3 is 3.00 bits per heavy atom. The molecule has 0 bridgehead atoms. The smallest absolute Gasteiger partial charge is 0.264 e. The number of amides is 1. The van der Waals surface area contributed by atoms with Gasteiger partial charge in [0.05, 0.1) is 21.9 Å². The molecule has 2 heterocycles. The summed E-state index contributed by atoms with van der Waals surface area (Å²) in [4.78, 5) is 14.5. The first-order valence-corrected chi connectivity index (χ1v) is 6.26. The van der Waals surface area contributed by atoms with Gasteiger partial charge < -0.3 is 15.4 Å². The molecule has 1 aliphatic rings. The number of hydrogen-bond donors (Lipinski definition) is 1. The number of carbonyl (C=O) groups is 1. The molecule has 1 fully saturated rings. The van der Waals surface area contributed by atoms with Crippen molar-refractivity contribution in [1.82, 2.24) is 4.90 Å². The lowest BCUT2D eigenvalue weighted by atomic mass is 10.2. The van der Waals surface area contributed by atoms with Gasteiger partial charge in [0.15, 0.2) is 0 Å². The third-order valence-corrected chi connectivity index (χ3v) is 3.69. The Kier molecular flexibility index (Phi) is 5.69. The monoisotopic (exact) mass is 296 g/mol. The molecular formula is C10H14Cl2N2O2S. The second-order valence-electron chi connectivity index (χ2n) is 3.58. The maximum Gasteiger partial charge on any atom is 0.264 e. The standard InChI is InChI=1S/C10H13ClN2O2S.ClH/c11-9-2-1-8(16-9)10(14)13-3-4-15-7(5-12)6-13;/h1-2,7H,3-6,12H2;1H. The van der Waals surface area contributed by atoms with Gasteiger partial charge in [0.25, 0.3) is 5.91 Å². The van der Waals surface area contributed by atoms with Crippen LogP contribution in [0, 0.1) is 0 Å². The van der Waals surface area contributed by atoms with Gasteiger partial charge in [0, 0.05) is 19.6 Å². The van der Waals surface area contributed by atoms with Crippen molar-refractivity contribution < 1.29 is 9.53 Å². The first-order valence-electron chi connectivity index (χ1n) is 5.07. The van der Waals surface area contributed by atoms with Crippen molar-refractivity contribution in [3.63, 3.8) is 0 Å². The van der Waals surface area contributed by atoms with Gasteiger partial charge in [-0.25, -0.2) is 0 Å². The van der Waals surface area contributed by atoms with E-state index in [1.807, 2.05) is 0 Å². The number of rotatable bonds is 2. The summed E-state index contributed by atoms with van der Waals surface area (Å²) >= 11 is 7.10. The van der Waals surface area contributed by atoms with Gasteiger partial charge in [-0.3, -0.25) is 4.79 Å². The molecule has 96 valence electrons. The van der Waals surface area contributed by atoms with E-state index in [9.17, 15) is 4.79 Å². The highest BCUT2D eigenvalue weighted by Gasteiger charge is 2.24. The SMILES string of the molecule is Cl.NCC1CN(C(=O)c2ccc(Cl)s2)CCO1. The van der Waals surface area contributed by atoms with Gasteiger partial charge in [-0.05, 0) is 12.1 Å². The molecule has 1 aliphatic heterocycles. The summed E-state index contributed by atoms with van der Waals surface area (Å²) in [5.74, 6) is 0.0126. The third-order valence-electron chi connectivity index (χ3n) is 2.47. The fourth-order valence-corrected chi connectivity index (χ4v) is 2.64. The molecule has 4 nitrogen and oxygen atoms in total. The van der Waals surface area contributed by atoms with Crippen LogP contribution in [0.1, 0.15) is 9.67 Å². The predicted molar refractivity (Wildman–Crippen MR) is 71.3 cm³/mol. The van der Waals surface area contributed by atoms with Gasteiger partial charge in [-0.2, -0.15) is 0 Å².